The molecule has 2 aromatic rings. The summed E-state index contributed by atoms with van der Waals surface area (Å²) in [5.74, 6) is -0.493. The van der Waals surface area contributed by atoms with Gasteiger partial charge >= 0.3 is 0 Å². The maximum Gasteiger partial charge on any atom is 0.273 e. The van der Waals surface area contributed by atoms with Gasteiger partial charge in [0, 0.05) is 13.5 Å². The van der Waals surface area contributed by atoms with Crippen LogP contribution in [0.2, 0.25) is 5.02 Å². The molecule has 1 amide bonds. The zero-order valence-corrected chi connectivity index (χ0v) is 14.5. The summed E-state index contributed by atoms with van der Waals surface area (Å²) < 4.78 is 26.8. The molecule has 0 radical (unpaired) electrons. The minimum absolute atomic E-state index is 0.220. The molecule has 1 aliphatic rings. The Morgan fingerprint density at radius 3 is 2.78 bits per heavy atom. The number of anilines is 2. The zero-order chi connectivity index (χ0) is 16.8. The van der Waals surface area contributed by atoms with E-state index in [1.54, 1.807) is 23.6 Å². The van der Waals surface area contributed by atoms with Gasteiger partial charge in [-0.15, -0.1) is 11.3 Å². The van der Waals surface area contributed by atoms with Crippen LogP contribution in [0.15, 0.2) is 33.9 Å². The van der Waals surface area contributed by atoms with E-state index in [-0.39, 0.29) is 9.23 Å². The van der Waals surface area contributed by atoms with Crippen molar-refractivity contribution in [1.29, 1.82) is 0 Å². The molecule has 0 aliphatic carbocycles. The van der Waals surface area contributed by atoms with Crippen molar-refractivity contribution in [1.82, 2.24) is 0 Å². The molecule has 23 heavy (non-hydrogen) atoms. The molecule has 6 nitrogen and oxygen atoms in total. The van der Waals surface area contributed by atoms with Crippen molar-refractivity contribution in [3.63, 3.8) is 0 Å². The van der Waals surface area contributed by atoms with Gasteiger partial charge in [0.25, 0.3) is 10.0 Å². The highest BCUT2D eigenvalue weighted by Crippen LogP contribution is 2.42. The molecule has 2 heterocycles. The van der Waals surface area contributed by atoms with E-state index in [2.05, 4.69) is 5.32 Å². The Bertz CT molecular complexity index is 866. The largest absolute Gasteiger partial charge is 0.371 e. The van der Waals surface area contributed by atoms with Crippen LogP contribution in [-0.2, 0) is 21.2 Å². The molecular formula is C14H14ClN3O3S2. The number of nitrogens with two attached hydrogens (primary N) is 1. The SMILES string of the molecule is CN(c1c(Cl)ccc2c1NC(C(N)=O)C2)S(=O)(=O)c1cccs1. The van der Waals surface area contributed by atoms with E-state index in [0.717, 1.165) is 21.2 Å². The fraction of sp³-hybridized carbons (Fsp3) is 0.214. The lowest BCUT2D eigenvalue weighted by atomic mass is 10.1. The number of fused-ring (bicyclic) bond motifs is 1. The minimum atomic E-state index is -3.72. The fourth-order valence-corrected chi connectivity index (χ4v) is 5.25. The van der Waals surface area contributed by atoms with E-state index >= 15 is 0 Å². The predicted octanol–water partition coefficient (Wildman–Crippen LogP) is 2.05. The lowest BCUT2D eigenvalue weighted by Gasteiger charge is -2.23. The van der Waals surface area contributed by atoms with Gasteiger partial charge in [0.15, 0.2) is 0 Å². The fourth-order valence-electron chi connectivity index (χ4n) is 2.53. The number of primary amides is 1. The summed E-state index contributed by atoms with van der Waals surface area (Å²) in [6, 6.07) is 6.03. The van der Waals surface area contributed by atoms with Crippen LogP contribution in [0.5, 0.6) is 0 Å². The monoisotopic (exact) mass is 371 g/mol. The first-order chi connectivity index (χ1) is 10.8. The molecule has 3 rings (SSSR count). The average molecular weight is 372 g/mol. The van der Waals surface area contributed by atoms with Crippen LogP contribution >= 0.6 is 22.9 Å². The minimum Gasteiger partial charge on any atom is -0.371 e. The van der Waals surface area contributed by atoms with E-state index < -0.39 is 22.0 Å². The molecule has 1 aliphatic heterocycles. The van der Waals surface area contributed by atoms with Crippen molar-refractivity contribution >= 4 is 50.2 Å². The van der Waals surface area contributed by atoms with Crippen molar-refractivity contribution in [2.45, 2.75) is 16.7 Å². The summed E-state index contributed by atoms with van der Waals surface area (Å²) in [5.41, 5.74) is 7.00. The highest BCUT2D eigenvalue weighted by atomic mass is 35.5. The number of thiophene rings is 1. The number of amides is 1. The van der Waals surface area contributed by atoms with Crippen LogP contribution in [-0.4, -0.2) is 27.4 Å². The second kappa shape index (κ2) is 5.70. The second-order valence-corrected chi connectivity index (χ2v) is 8.69. The number of hydrogen-bond acceptors (Lipinski definition) is 5. The molecule has 0 spiro atoms. The molecule has 1 aromatic heterocycles. The average Bonchev–Trinajstić information content (AvgIpc) is 3.15. The van der Waals surface area contributed by atoms with Gasteiger partial charge in [-0.25, -0.2) is 8.42 Å². The number of halogens is 1. The van der Waals surface area contributed by atoms with E-state index in [1.807, 2.05) is 0 Å². The highest BCUT2D eigenvalue weighted by molar-refractivity contribution is 7.94. The Kier molecular flexibility index (Phi) is 3.99. The highest BCUT2D eigenvalue weighted by Gasteiger charge is 2.32. The number of nitrogens with one attached hydrogen (secondary N) is 1. The van der Waals surface area contributed by atoms with Gasteiger partial charge in [0.1, 0.15) is 10.3 Å². The predicted molar refractivity (Wildman–Crippen MR) is 91.7 cm³/mol. The maximum atomic E-state index is 12.7. The Morgan fingerprint density at radius 1 is 1.43 bits per heavy atom. The van der Waals surface area contributed by atoms with Crippen LogP contribution in [0.3, 0.4) is 0 Å². The number of rotatable bonds is 4. The third kappa shape index (κ3) is 2.66. The van der Waals surface area contributed by atoms with Crippen LogP contribution in [0.1, 0.15) is 5.56 Å². The zero-order valence-electron chi connectivity index (χ0n) is 12.1. The van der Waals surface area contributed by atoms with Crippen molar-refractivity contribution in [2.24, 2.45) is 5.73 Å². The van der Waals surface area contributed by atoms with Gasteiger partial charge in [0.05, 0.1) is 16.4 Å². The van der Waals surface area contributed by atoms with Gasteiger partial charge in [0.2, 0.25) is 5.91 Å². The van der Waals surface area contributed by atoms with E-state index in [4.69, 9.17) is 17.3 Å². The Morgan fingerprint density at radius 2 is 2.17 bits per heavy atom. The smallest absolute Gasteiger partial charge is 0.273 e. The normalized spacial score (nSPS) is 16.7. The van der Waals surface area contributed by atoms with E-state index in [1.165, 1.54) is 13.1 Å². The molecule has 3 N–H and O–H groups in total. The molecule has 9 heteroatoms. The number of sulfonamides is 1. The van der Waals surface area contributed by atoms with Crippen LogP contribution in [0, 0.1) is 0 Å². The molecule has 0 bridgehead atoms. The lowest BCUT2D eigenvalue weighted by Crippen LogP contribution is -2.34. The molecule has 1 aromatic carbocycles. The summed E-state index contributed by atoms with van der Waals surface area (Å²) in [6.07, 6.45) is 0.404. The van der Waals surface area contributed by atoms with Gasteiger partial charge < -0.3 is 11.1 Å². The Hall–Kier alpha value is -1.77. The quantitative estimate of drug-likeness (QED) is 0.860. The summed E-state index contributed by atoms with van der Waals surface area (Å²) in [4.78, 5) is 11.4. The summed E-state index contributed by atoms with van der Waals surface area (Å²) in [5, 5.41) is 4.95. The topological polar surface area (TPSA) is 92.5 Å². The number of benzene rings is 1. The molecule has 122 valence electrons. The van der Waals surface area contributed by atoms with Crippen molar-refractivity contribution < 1.29 is 13.2 Å². The Labute approximate surface area is 142 Å². The summed E-state index contributed by atoms with van der Waals surface area (Å²) in [7, 11) is -2.28. The number of carbonyl (C=O) groups excluding carboxylic acids is 1. The van der Waals surface area contributed by atoms with Crippen LogP contribution in [0.4, 0.5) is 11.4 Å². The van der Waals surface area contributed by atoms with E-state index in [9.17, 15) is 13.2 Å². The molecule has 1 atom stereocenters. The first-order valence-corrected chi connectivity index (χ1v) is 9.42. The van der Waals surface area contributed by atoms with Gasteiger partial charge in [-0.3, -0.25) is 9.10 Å². The van der Waals surface area contributed by atoms with Gasteiger partial charge in [-0.1, -0.05) is 23.7 Å². The standard InChI is InChI=1S/C14H14ClN3O3S2/c1-18(23(20,21)11-3-2-6-22-11)13-9(15)5-4-8-7-10(14(16)19)17-12(8)13/h2-6,10,17H,7H2,1H3,(H2,16,19). The maximum absolute atomic E-state index is 12.7. The Balaban J connectivity index is 2.08. The lowest BCUT2D eigenvalue weighted by molar-refractivity contribution is -0.118. The van der Waals surface area contributed by atoms with Crippen molar-refractivity contribution in [2.75, 3.05) is 16.7 Å². The second-order valence-electron chi connectivity index (χ2n) is 5.14. The first-order valence-electron chi connectivity index (χ1n) is 6.72. The van der Waals surface area contributed by atoms with Gasteiger partial charge in [-0.2, -0.15) is 0 Å². The molecular weight excluding hydrogens is 358 g/mol. The number of carbonyl (C=O) groups is 1. The third-order valence-corrected chi connectivity index (χ3v) is 7.16. The third-order valence-electron chi connectivity index (χ3n) is 3.73. The molecule has 0 fully saturated rings. The number of hydrogen-bond donors (Lipinski definition) is 2. The van der Waals surface area contributed by atoms with Crippen LogP contribution < -0.4 is 15.4 Å². The van der Waals surface area contributed by atoms with Crippen LogP contribution in [0.25, 0.3) is 0 Å². The molecule has 0 saturated carbocycles. The number of nitrogens with zero attached hydrogens (tertiary/aromatic N) is 1. The summed E-state index contributed by atoms with van der Waals surface area (Å²) in [6.45, 7) is 0. The molecule has 1 unspecified atom stereocenters. The van der Waals surface area contributed by atoms with Crippen molar-refractivity contribution in [3.8, 4) is 0 Å². The summed E-state index contributed by atoms with van der Waals surface area (Å²) >= 11 is 7.37. The van der Waals surface area contributed by atoms with E-state index in [0.29, 0.717) is 17.8 Å². The van der Waals surface area contributed by atoms with Crippen molar-refractivity contribution in [3.05, 3.63) is 40.2 Å². The molecule has 0 saturated heterocycles. The first kappa shape index (κ1) is 16.1. The van der Waals surface area contributed by atoms with Gasteiger partial charge in [-0.05, 0) is 23.1 Å².